The van der Waals surface area contributed by atoms with Crippen molar-refractivity contribution < 1.29 is 9.90 Å². The van der Waals surface area contributed by atoms with E-state index in [4.69, 9.17) is 9.90 Å². The molecule has 0 spiro atoms. The minimum atomic E-state index is -0.833. The highest BCUT2D eigenvalue weighted by molar-refractivity contribution is 5.62. The molecule has 0 aromatic carbocycles. The Kier molecular flexibility index (Phi) is 5.90. The van der Waals surface area contributed by atoms with Crippen molar-refractivity contribution in [2.24, 2.45) is 5.92 Å². The lowest BCUT2D eigenvalue weighted by Crippen LogP contribution is -1.99. The zero-order chi connectivity index (χ0) is 8.69. The Balaban J connectivity index is 0.000000218. The molecule has 0 atom stereocenters. The molecule has 0 radical (unpaired) electrons. The molecule has 0 heterocycles. The first-order valence-corrected chi connectivity index (χ1v) is 4.32. The largest absolute Gasteiger partial charge is 0.481 e. The lowest BCUT2D eigenvalue weighted by atomic mass is 9.91. The van der Waals surface area contributed by atoms with Gasteiger partial charge in [0.2, 0.25) is 0 Å². The Bertz CT molecular complexity index is 100. The van der Waals surface area contributed by atoms with Gasteiger partial charge in [0.15, 0.2) is 0 Å². The fourth-order valence-electron chi connectivity index (χ4n) is 1.31. The van der Waals surface area contributed by atoms with E-state index in [1.807, 2.05) is 0 Å². The summed E-state index contributed by atoms with van der Waals surface area (Å²) in [7, 11) is 0. The smallest absolute Gasteiger partial charge is 0.300 e. The van der Waals surface area contributed by atoms with E-state index < -0.39 is 5.97 Å². The second-order valence-electron chi connectivity index (χ2n) is 3.26. The molecule has 0 bridgehead atoms. The fourth-order valence-corrected chi connectivity index (χ4v) is 1.31. The minimum absolute atomic E-state index is 0.833. The highest BCUT2D eigenvalue weighted by Gasteiger charge is 2.05. The third-order valence-electron chi connectivity index (χ3n) is 1.89. The summed E-state index contributed by atoms with van der Waals surface area (Å²) in [6.07, 6.45) is 7.44. The van der Waals surface area contributed by atoms with Crippen molar-refractivity contribution in [2.45, 2.75) is 46.0 Å². The van der Waals surface area contributed by atoms with Crippen molar-refractivity contribution in [3.8, 4) is 0 Å². The van der Waals surface area contributed by atoms with E-state index >= 15 is 0 Å². The van der Waals surface area contributed by atoms with Crippen LogP contribution in [0, 0.1) is 5.92 Å². The molecule has 2 heteroatoms. The SMILES string of the molecule is CC(=O)O.CC1CCCCC1. The Morgan fingerprint density at radius 2 is 1.64 bits per heavy atom. The van der Waals surface area contributed by atoms with Crippen molar-refractivity contribution in [2.75, 3.05) is 0 Å². The maximum Gasteiger partial charge on any atom is 0.300 e. The predicted octanol–water partition coefficient (Wildman–Crippen LogP) is 2.68. The number of rotatable bonds is 0. The average molecular weight is 158 g/mol. The van der Waals surface area contributed by atoms with Gasteiger partial charge in [-0.1, -0.05) is 39.0 Å². The van der Waals surface area contributed by atoms with Crippen LogP contribution < -0.4 is 0 Å². The van der Waals surface area contributed by atoms with Crippen molar-refractivity contribution in [3.05, 3.63) is 0 Å². The van der Waals surface area contributed by atoms with Crippen LogP contribution in [0.2, 0.25) is 0 Å². The molecule has 0 aromatic rings. The maximum atomic E-state index is 9.00. The molecule has 0 aliphatic heterocycles. The molecule has 0 unspecified atom stereocenters. The van der Waals surface area contributed by atoms with Gasteiger partial charge in [0.05, 0.1) is 0 Å². The number of carboxylic acids is 1. The average Bonchev–Trinajstić information content (AvgIpc) is 1.87. The third-order valence-corrected chi connectivity index (χ3v) is 1.89. The van der Waals surface area contributed by atoms with Crippen LogP contribution >= 0.6 is 0 Å². The lowest BCUT2D eigenvalue weighted by molar-refractivity contribution is -0.134. The summed E-state index contributed by atoms with van der Waals surface area (Å²) in [5.41, 5.74) is 0. The topological polar surface area (TPSA) is 37.3 Å². The van der Waals surface area contributed by atoms with Crippen molar-refractivity contribution in [1.29, 1.82) is 0 Å². The summed E-state index contributed by atoms with van der Waals surface area (Å²) >= 11 is 0. The van der Waals surface area contributed by atoms with Gasteiger partial charge in [-0.15, -0.1) is 0 Å². The van der Waals surface area contributed by atoms with Gasteiger partial charge in [-0.2, -0.15) is 0 Å². The van der Waals surface area contributed by atoms with Crippen molar-refractivity contribution in [1.82, 2.24) is 0 Å². The van der Waals surface area contributed by atoms with E-state index in [0.717, 1.165) is 12.8 Å². The molecule has 1 N–H and O–H groups in total. The lowest BCUT2D eigenvalue weighted by Gasteiger charge is -2.15. The molecular weight excluding hydrogens is 140 g/mol. The summed E-state index contributed by atoms with van der Waals surface area (Å²) in [6.45, 7) is 3.44. The predicted molar refractivity (Wildman–Crippen MR) is 45.6 cm³/mol. The normalized spacial score (nSPS) is 18.4. The van der Waals surface area contributed by atoms with Crippen molar-refractivity contribution >= 4 is 5.97 Å². The number of carboxylic acid groups (broad SMARTS) is 1. The molecule has 11 heavy (non-hydrogen) atoms. The van der Waals surface area contributed by atoms with Gasteiger partial charge < -0.3 is 5.11 Å². The highest BCUT2D eigenvalue weighted by Crippen LogP contribution is 2.21. The zero-order valence-electron chi connectivity index (χ0n) is 7.47. The molecule has 1 rings (SSSR count). The first-order valence-electron chi connectivity index (χ1n) is 4.32. The second-order valence-corrected chi connectivity index (χ2v) is 3.26. The van der Waals surface area contributed by atoms with Crippen molar-refractivity contribution in [3.63, 3.8) is 0 Å². The third kappa shape index (κ3) is 9.47. The van der Waals surface area contributed by atoms with Crippen LogP contribution in [0.25, 0.3) is 0 Å². The molecule has 0 amide bonds. The Hall–Kier alpha value is -0.530. The quantitative estimate of drug-likeness (QED) is 0.588. The summed E-state index contributed by atoms with van der Waals surface area (Å²) in [5.74, 6) is 0.203. The van der Waals surface area contributed by atoms with Crippen LogP contribution in [-0.4, -0.2) is 11.1 Å². The number of hydrogen-bond donors (Lipinski definition) is 1. The molecule has 1 fully saturated rings. The number of hydrogen-bond acceptors (Lipinski definition) is 1. The van der Waals surface area contributed by atoms with E-state index in [1.165, 1.54) is 32.1 Å². The molecular formula is C9H18O2. The second kappa shape index (κ2) is 6.20. The monoisotopic (exact) mass is 158 g/mol. The first kappa shape index (κ1) is 10.5. The summed E-state index contributed by atoms with van der Waals surface area (Å²) in [6, 6.07) is 0. The molecule has 1 aliphatic carbocycles. The van der Waals surface area contributed by atoms with Gasteiger partial charge in [-0.3, -0.25) is 4.79 Å². The van der Waals surface area contributed by atoms with Gasteiger partial charge in [0.1, 0.15) is 0 Å². The highest BCUT2D eigenvalue weighted by atomic mass is 16.4. The van der Waals surface area contributed by atoms with Gasteiger partial charge in [0, 0.05) is 6.92 Å². The molecule has 1 aliphatic rings. The molecule has 0 aromatic heterocycles. The summed E-state index contributed by atoms with van der Waals surface area (Å²) < 4.78 is 0. The molecule has 1 saturated carbocycles. The molecule has 66 valence electrons. The van der Waals surface area contributed by atoms with Gasteiger partial charge in [-0.05, 0) is 5.92 Å². The van der Waals surface area contributed by atoms with E-state index in [0.29, 0.717) is 0 Å². The zero-order valence-corrected chi connectivity index (χ0v) is 7.47. The van der Waals surface area contributed by atoms with Gasteiger partial charge >= 0.3 is 0 Å². The minimum Gasteiger partial charge on any atom is -0.481 e. The van der Waals surface area contributed by atoms with Gasteiger partial charge in [-0.25, -0.2) is 0 Å². The summed E-state index contributed by atoms with van der Waals surface area (Å²) in [4.78, 5) is 9.00. The Labute approximate surface area is 68.6 Å². The first-order chi connectivity index (χ1) is 5.13. The number of aliphatic carboxylic acids is 1. The maximum absolute atomic E-state index is 9.00. The Morgan fingerprint density at radius 3 is 1.82 bits per heavy atom. The van der Waals surface area contributed by atoms with Crippen LogP contribution in [0.5, 0.6) is 0 Å². The van der Waals surface area contributed by atoms with Crippen LogP contribution in [-0.2, 0) is 4.79 Å². The van der Waals surface area contributed by atoms with Crippen LogP contribution in [0.15, 0.2) is 0 Å². The molecule has 0 saturated heterocycles. The van der Waals surface area contributed by atoms with Crippen LogP contribution in [0.4, 0.5) is 0 Å². The molecule has 2 nitrogen and oxygen atoms in total. The van der Waals surface area contributed by atoms with E-state index in [9.17, 15) is 0 Å². The van der Waals surface area contributed by atoms with Crippen LogP contribution in [0.3, 0.4) is 0 Å². The van der Waals surface area contributed by atoms with E-state index in [-0.39, 0.29) is 0 Å². The van der Waals surface area contributed by atoms with Gasteiger partial charge in [0.25, 0.3) is 5.97 Å². The summed E-state index contributed by atoms with van der Waals surface area (Å²) in [5, 5.41) is 7.42. The van der Waals surface area contributed by atoms with E-state index in [2.05, 4.69) is 6.92 Å². The Morgan fingerprint density at radius 1 is 1.27 bits per heavy atom. The standard InChI is InChI=1S/C7H14.C2H4O2/c1-7-5-3-2-4-6-7;1-2(3)4/h7H,2-6H2,1H3;1H3,(H,3,4). The number of carbonyl (C=O) groups is 1. The van der Waals surface area contributed by atoms with E-state index in [1.54, 1.807) is 0 Å². The fraction of sp³-hybridized carbons (Fsp3) is 0.889. The van der Waals surface area contributed by atoms with Crippen LogP contribution in [0.1, 0.15) is 46.0 Å².